The molecule has 1 amide bonds. The largest absolute Gasteiger partial charge is 0.493 e. The Morgan fingerprint density at radius 2 is 1.76 bits per heavy atom. The van der Waals surface area contributed by atoms with E-state index in [1.165, 1.54) is 18.4 Å². The van der Waals surface area contributed by atoms with Crippen molar-refractivity contribution < 1.29 is 42.1 Å². The fraction of sp³-hybridized carbons (Fsp3) is 0.217. The first-order valence-corrected chi connectivity index (χ1v) is 10.8. The van der Waals surface area contributed by atoms with E-state index in [4.69, 9.17) is 18.9 Å². The number of thiophene rings is 1. The van der Waals surface area contributed by atoms with Crippen molar-refractivity contribution in [1.82, 2.24) is 0 Å². The molecular formula is C23H19F2NO7S. The van der Waals surface area contributed by atoms with Gasteiger partial charge in [-0.3, -0.25) is 4.79 Å². The highest BCUT2D eigenvalue weighted by atomic mass is 32.1. The Labute approximate surface area is 197 Å². The molecule has 0 saturated carbocycles. The number of alkyl halides is 2. The second-order valence-corrected chi connectivity index (χ2v) is 7.98. The number of hydrogen-bond donors (Lipinski definition) is 1. The van der Waals surface area contributed by atoms with Crippen LogP contribution < -0.4 is 24.3 Å². The molecule has 0 radical (unpaired) electrons. The second-order valence-electron chi connectivity index (χ2n) is 6.90. The van der Waals surface area contributed by atoms with E-state index in [0.717, 1.165) is 29.7 Å². The Kier molecular flexibility index (Phi) is 6.82. The van der Waals surface area contributed by atoms with Gasteiger partial charge >= 0.3 is 12.6 Å². The van der Waals surface area contributed by atoms with E-state index in [9.17, 15) is 18.4 Å². The summed E-state index contributed by atoms with van der Waals surface area (Å²) >= 11 is 1.21. The molecule has 3 aromatic rings. The predicted octanol–water partition coefficient (Wildman–Crippen LogP) is 4.84. The molecule has 8 nitrogen and oxygen atoms in total. The molecule has 178 valence electrons. The summed E-state index contributed by atoms with van der Waals surface area (Å²) in [7, 11) is 2.39. The van der Waals surface area contributed by atoms with Crippen molar-refractivity contribution in [2.45, 2.75) is 6.61 Å². The molecule has 2 heterocycles. The lowest BCUT2D eigenvalue weighted by Gasteiger charge is -2.18. The van der Waals surface area contributed by atoms with Crippen LogP contribution in [0.5, 0.6) is 23.0 Å². The Hall–Kier alpha value is -3.86. The number of anilines is 1. The van der Waals surface area contributed by atoms with Crippen LogP contribution in [0.4, 0.5) is 14.5 Å². The van der Waals surface area contributed by atoms with Gasteiger partial charge in [-0.25, -0.2) is 4.79 Å². The Balaban J connectivity index is 1.61. The van der Waals surface area contributed by atoms with Gasteiger partial charge in [0.2, 0.25) is 0 Å². The molecule has 0 atom stereocenters. The number of hydrogen-bond acceptors (Lipinski definition) is 8. The molecule has 1 aromatic heterocycles. The zero-order valence-electron chi connectivity index (χ0n) is 18.1. The first-order valence-electron chi connectivity index (χ1n) is 9.96. The first kappa shape index (κ1) is 23.3. The number of benzene rings is 2. The summed E-state index contributed by atoms with van der Waals surface area (Å²) in [5, 5.41) is 2.57. The van der Waals surface area contributed by atoms with E-state index in [0.29, 0.717) is 29.6 Å². The molecule has 0 aliphatic carbocycles. The Morgan fingerprint density at radius 3 is 2.47 bits per heavy atom. The highest BCUT2D eigenvalue weighted by Crippen LogP contribution is 2.38. The third-order valence-corrected chi connectivity index (χ3v) is 5.96. The number of amides is 1. The number of ether oxygens (including phenoxy) is 5. The number of rotatable bonds is 7. The highest BCUT2D eigenvalue weighted by Gasteiger charge is 2.22. The summed E-state index contributed by atoms with van der Waals surface area (Å²) in [6.07, 6.45) is 0. The van der Waals surface area contributed by atoms with Crippen molar-refractivity contribution in [1.29, 1.82) is 0 Å². The van der Waals surface area contributed by atoms with Gasteiger partial charge in [0.1, 0.15) is 13.2 Å². The fourth-order valence-electron chi connectivity index (χ4n) is 3.29. The lowest BCUT2D eigenvalue weighted by Crippen LogP contribution is -2.15. The zero-order chi connectivity index (χ0) is 24.2. The number of nitrogens with one attached hydrogen (secondary N) is 1. The molecule has 1 aliphatic rings. The summed E-state index contributed by atoms with van der Waals surface area (Å²) in [5.74, 6) is -0.524. The average Bonchev–Trinajstić information content (AvgIpc) is 3.33. The number of halogens is 2. The lowest BCUT2D eigenvalue weighted by atomic mass is 10.1. The molecule has 34 heavy (non-hydrogen) atoms. The SMILES string of the molecule is COC(=O)c1cc(OC)c(OC(F)F)cc1NC(=O)c1ccc(-c2ccc3c(c2)OCCO3)s1. The highest BCUT2D eigenvalue weighted by molar-refractivity contribution is 7.17. The van der Waals surface area contributed by atoms with Crippen LogP contribution in [0.2, 0.25) is 0 Å². The molecule has 0 saturated heterocycles. The lowest BCUT2D eigenvalue weighted by molar-refractivity contribution is -0.0511. The van der Waals surface area contributed by atoms with Gasteiger partial charge in [-0.1, -0.05) is 0 Å². The summed E-state index contributed by atoms with van der Waals surface area (Å²) in [4.78, 5) is 26.3. The van der Waals surface area contributed by atoms with Crippen molar-refractivity contribution in [3.05, 3.63) is 52.9 Å². The van der Waals surface area contributed by atoms with E-state index in [1.54, 1.807) is 18.2 Å². The van der Waals surface area contributed by atoms with E-state index in [-0.39, 0.29) is 22.7 Å². The van der Waals surface area contributed by atoms with Crippen molar-refractivity contribution in [3.63, 3.8) is 0 Å². The number of fused-ring (bicyclic) bond motifs is 1. The molecule has 11 heteroatoms. The molecule has 0 bridgehead atoms. The number of carbonyl (C=O) groups is 2. The van der Waals surface area contributed by atoms with Gasteiger partial charge in [-0.15, -0.1) is 11.3 Å². The van der Waals surface area contributed by atoms with Crippen LogP contribution in [0.1, 0.15) is 20.0 Å². The van der Waals surface area contributed by atoms with Crippen molar-refractivity contribution in [2.24, 2.45) is 0 Å². The van der Waals surface area contributed by atoms with Gasteiger partial charge < -0.3 is 29.0 Å². The maximum Gasteiger partial charge on any atom is 0.387 e. The minimum absolute atomic E-state index is 0.0671. The average molecular weight is 491 g/mol. The van der Waals surface area contributed by atoms with Crippen LogP contribution in [0.3, 0.4) is 0 Å². The van der Waals surface area contributed by atoms with Crippen molar-refractivity contribution in [2.75, 3.05) is 32.8 Å². The predicted molar refractivity (Wildman–Crippen MR) is 120 cm³/mol. The molecule has 4 rings (SSSR count). The normalized spacial score (nSPS) is 12.3. The number of esters is 1. The standard InChI is InChI=1S/C23H19F2NO7S/c1-29-16-10-13(22(28)30-2)14(11-18(16)33-23(24)25)26-21(27)20-6-5-19(34-20)12-3-4-15-17(9-12)32-8-7-31-15/h3-6,9-11,23H,7-8H2,1-2H3,(H,26,27). The van der Waals surface area contributed by atoms with E-state index < -0.39 is 18.5 Å². The summed E-state index contributed by atoms with van der Waals surface area (Å²) in [6.45, 7) is -2.19. The van der Waals surface area contributed by atoms with Gasteiger partial charge in [0.05, 0.1) is 30.3 Å². The van der Waals surface area contributed by atoms with Gasteiger partial charge in [0.25, 0.3) is 5.91 Å². The number of carbonyl (C=O) groups excluding carboxylic acids is 2. The monoisotopic (exact) mass is 491 g/mol. The quantitative estimate of drug-likeness (QED) is 0.473. The van der Waals surface area contributed by atoms with Crippen LogP contribution in [0, 0.1) is 0 Å². The van der Waals surface area contributed by atoms with Crippen molar-refractivity contribution >= 4 is 28.9 Å². The molecule has 1 N–H and O–H groups in total. The minimum atomic E-state index is -3.13. The maximum absolute atomic E-state index is 12.9. The molecule has 0 fully saturated rings. The number of methoxy groups -OCH3 is 2. The molecule has 1 aliphatic heterocycles. The summed E-state index contributed by atoms with van der Waals surface area (Å²) < 4.78 is 51.0. The van der Waals surface area contributed by atoms with Crippen LogP contribution in [0.15, 0.2) is 42.5 Å². The molecule has 2 aromatic carbocycles. The molecule has 0 spiro atoms. The molecule has 0 unspecified atom stereocenters. The third-order valence-electron chi connectivity index (χ3n) is 4.83. The Morgan fingerprint density at radius 1 is 1.00 bits per heavy atom. The second kappa shape index (κ2) is 9.96. The summed E-state index contributed by atoms with van der Waals surface area (Å²) in [6, 6.07) is 11.1. The molecular weight excluding hydrogens is 472 g/mol. The van der Waals surface area contributed by atoms with Gasteiger partial charge in [-0.05, 0) is 35.9 Å². The van der Waals surface area contributed by atoms with Crippen LogP contribution >= 0.6 is 11.3 Å². The van der Waals surface area contributed by atoms with E-state index in [2.05, 4.69) is 10.1 Å². The van der Waals surface area contributed by atoms with Crippen LogP contribution in [0.25, 0.3) is 10.4 Å². The Bertz CT molecular complexity index is 1230. The zero-order valence-corrected chi connectivity index (χ0v) is 18.9. The van der Waals surface area contributed by atoms with Gasteiger partial charge in [-0.2, -0.15) is 8.78 Å². The third kappa shape index (κ3) is 4.88. The summed E-state index contributed by atoms with van der Waals surface area (Å²) in [5.41, 5.74) is 0.682. The minimum Gasteiger partial charge on any atom is -0.493 e. The van der Waals surface area contributed by atoms with E-state index in [1.807, 2.05) is 12.1 Å². The van der Waals surface area contributed by atoms with Gasteiger partial charge in [0.15, 0.2) is 23.0 Å². The maximum atomic E-state index is 12.9. The first-order chi connectivity index (χ1) is 16.4. The van der Waals surface area contributed by atoms with E-state index >= 15 is 0 Å². The van der Waals surface area contributed by atoms with Crippen molar-refractivity contribution in [3.8, 4) is 33.4 Å². The van der Waals surface area contributed by atoms with Crippen LogP contribution in [-0.4, -0.2) is 45.9 Å². The van der Waals surface area contributed by atoms with Crippen LogP contribution in [-0.2, 0) is 4.74 Å². The smallest absolute Gasteiger partial charge is 0.387 e. The topological polar surface area (TPSA) is 92.3 Å². The van der Waals surface area contributed by atoms with Gasteiger partial charge in [0, 0.05) is 17.0 Å². The fourth-order valence-corrected chi connectivity index (χ4v) is 4.18.